The summed E-state index contributed by atoms with van der Waals surface area (Å²) in [6.45, 7) is 2.48. The molecule has 1 spiro atoms. The summed E-state index contributed by atoms with van der Waals surface area (Å²) in [5.74, 6) is 0. The van der Waals surface area contributed by atoms with Crippen LogP contribution in [0.25, 0.3) is 0 Å². The van der Waals surface area contributed by atoms with Gasteiger partial charge in [0, 0.05) is 12.6 Å². The van der Waals surface area contributed by atoms with Gasteiger partial charge in [0.05, 0.1) is 0 Å². The second-order valence-electron chi connectivity index (χ2n) is 4.62. The minimum Gasteiger partial charge on any atom is -0.328 e. The van der Waals surface area contributed by atoms with Crippen molar-refractivity contribution in [3.05, 3.63) is 0 Å². The van der Waals surface area contributed by atoms with Crippen molar-refractivity contribution in [3.63, 3.8) is 0 Å². The first-order valence-corrected chi connectivity index (χ1v) is 5.27. The maximum Gasteiger partial charge on any atom is 0.00392 e. The molecule has 0 aromatic rings. The zero-order chi connectivity index (χ0) is 8.44. The fourth-order valence-electron chi connectivity index (χ4n) is 2.71. The summed E-state index contributed by atoms with van der Waals surface area (Å²) in [6, 6.07) is 0.498. The first kappa shape index (κ1) is 8.52. The molecule has 1 saturated heterocycles. The largest absolute Gasteiger partial charge is 0.328 e. The third-order valence-corrected chi connectivity index (χ3v) is 3.65. The highest BCUT2D eigenvalue weighted by Gasteiger charge is 2.34. The highest BCUT2D eigenvalue weighted by Crippen LogP contribution is 2.40. The van der Waals surface area contributed by atoms with Crippen molar-refractivity contribution in [3.8, 4) is 0 Å². The van der Waals surface area contributed by atoms with E-state index in [0.29, 0.717) is 11.5 Å². The van der Waals surface area contributed by atoms with Crippen LogP contribution in [0.2, 0.25) is 0 Å². The van der Waals surface area contributed by atoms with Gasteiger partial charge >= 0.3 is 0 Å². The van der Waals surface area contributed by atoms with Crippen molar-refractivity contribution >= 4 is 0 Å². The smallest absolute Gasteiger partial charge is 0.00392 e. The van der Waals surface area contributed by atoms with E-state index in [0.717, 1.165) is 0 Å². The topological polar surface area (TPSA) is 38.0 Å². The lowest BCUT2D eigenvalue weighted by molar-refractivity contribution is 0.131. The number of hydrogen-bond donors (Lipinski definition) is 2. The number of rotatable bonds is 0. The van der Waals surface area contributed by atoms with E-state index in [9.17, 15) is 0 Å². The van der Waals surface area contributed by atoms with Crippen LogP contribution in [-0.4, -0.2) is 19.1 Å². The Bertz CT molecular complexity index is 140. The summed E-state index contributed by atoms with van der Waals surface area (Å²) in [5.41, 5.74) is 6.55. The molecule has 70 valence electrons. The van der Waals surface area contributed by atoms with Crippen molar-refractivity contribution in [1.29, 1.82) is 0 Å². The number of nitrogens with two attached hydrogens (primary N) is 1. The standard InChI is InChI=1S/C10H20N2/c11-9-2-5-10(6-3-9)4-1-7-12-8-10/h9,12H,1-8,11H2. The molecule has 0 unspecified atom stereocenters. The van der Waals surface area contributed by atoms with Crippen LogP contribution in [0.4, 0.5) is 0 Å². The molecule has 1 aliphatic heterocycles. The van der Waals surface area contributed by atoms with E-state index in [1.165, 1.54) is 51.6 Å². The lowest BCUT2D eigenvalue weighted by atomic mass is 9.68. The lowest BCUT2D eigenvalue weighted by Gasteiger charge is -2.42. The van der Waals surface area contributed by atoms with Crippen LogP contribution in [0.1, 0.15) is 38.5 Å². The molecule has 2 heteroatoms. The van der Waals surface area contributed by atoms with Gasteiger partial charge in [0.25, 0.3) is 0 Å². The Morgan fingerprint density at radius 3 is 2.50 bits per heavy atom. The highest BCUT2D eigenvalue weighted by atomic mass is 14.9. The molecule has 2 fully saturated rings. The van der Waals surface area contributed by atoms with E-state index < -0.39 is 0 Å². The van der Waals surface area contributed by atoms with Gasteiger partial charge in [0.1, 0.15) is 0 Å². The van der Waals surface area contributed by atoms with Crippen LogP contribution in [-0.2, 0) is 0 Å². The van der Waals surface area contributed by atoms with Crippen molar-refractivity contribution in [2.75, 3.05) is 13.1 Å². The summed E-state index contributed by atoms with van der Waals surface area (Å²) in [5, 5.41) is 3.52. The second kappa shape index (κ2) is 3.35. The Morgan fingerprint density at radius 1 is 1.17 bits per heavy atom. The van der Waals surface area contributed by atoms with Gasteiger partial charge in [-0.1, -0.05) is 0 Å². The van der Waals surface area contributed by atoms with E-state index in [1.807, 2.05) is 0 Å². The monoisotopic (exact) mass is 168 g/mol. The number of nitrogens with one attached hydrogen (secondary N) is 1. The molecule has 0 aromatic heterocycles. The second-order valence-corrected chi connectivity index (χ2v) is 4.62. The quantitative estimate of drug-likeness (QED) is 0.571. The van der Waals surface area contributed by atoms with Crippen LogP contribution in [0.3, 0.4) is 0 Å². The summed E-state index contributed by atoms with van der Waals surface area (Å²) < 4.78 is 0. The Morgan fingerprint density at radius 2 is 1.92 bits per heavy atom. The van der Waals surface area contributed by atoms with Crippen LogP contribution in [0, 0.1) is 5.41 Å². The molecule has 3 N–H and O–H groups in total. The summed E-state index contributed by atoms with van der Waals surface area (Å²) in [6.07, 6.45) is 8.04. The minimum absolute atomic E-state index is 0.498. The Balaban J connectivity index is 1.92. The predicted molar refractivity (Wildman–Crippen MR) is 51.0 cm³/mol. The fourth-order valence-corrected chi connectivity index (χ4v) is 2.71. The average molecular weight is 168 g/mol. The minimum atomic E-state index is 0.498. The molecule has 1 aliphatic carbocycles. The van der Waals surface area contributed by atoms with E-state index >= 15 is 0 Å². The molecule has 12 heavy (non-hydrogen) atoms. The molecule has 0 amide bonds. The van der Waals surface area contributed by atoms with Crippen molar-refractivity contribution < 1.29 is 0 Å². The van der Waals surface area contributed by atoms with Crippen LogP contribution >= 0.6 is 0 Å². The zero-order valence-electron chi connectivity index (χ0n) is 7.81. The van der Waals surface area contributed by atoms with Crippen molar-refractivity contribution in [2.24, 2.45) is 11.1 Å². The zero-order valence-corrected chi connectivity index (χ0v) is 7.81. The van der Waals surface area contributed by atoms with Crippen LogP contribution in [0.15, 0.2) is 0 Å². The molecule has 0 atom stereocenters. The first-order chi connectivity index (χ1) is 5.81. The Labute approximate surface area is 74.9 Å². The molecule has 2 aliphatic rings. The molecular formula is C10H20N2. The van der Waals surface area contributed by atoms with Gasteiger partial charge in [-0.05, 0) is 50.5 Å². The van der Waals surface area contributed by atoms with Gasteiger partial charge in [0.2, 0.25) is 0 Å². The van der Waals surface area contributed by atoms with Crippen molar-refractivity contribution in [1.82, 2.24) is 5.32 Å². The lowest BCUT2D eigenvalue weighted by Crippen LogP contribution is -2.44. The first-order valence-electron chi connectivity index (χ1n) is 5.27. The van der Waals surface area contributed by atoms with Gasteiger partial charge < -0.3 is 11.1 Å². The number of piperidine rings is 1. The average Bonchev–Trinajstić information content (AvgIpc) is 2.13. The van der Waals surface area contributed by atoms with Gasteiger partial charge in [0.15, 0.2) is 0 Å². The van der Waals surface area contributed by atoms with E-state index in [2.05, 4.69) is 5.32 Å². The van der Waals surface area contributed by atoms with Gasteiger partial charge in [-0.15, -0.1) is 0 Å². The van der Waals surface area contributed by atoms with Crippen LogP contribution < -0.4 is 11.1 Å². The summed E-state index contributed by atoms with van der Waals surface area (Å²) in [7, 11) is 0. The van der Waals surface area contributed by atoms with E-state index in [4.69, 9.17) is 5.73 Å². The van der Waals surface area contributed by atoms with Gasteiger partial charge in [-0.25, -0.2) is 0 Å². The molecular weight excluding hydrogens is 148 g/mol. The molecule has 1 saturated carbocycles. The number of hydrogen-bond acceptors (Lipinski definition) is 2. The maximum atomic E-state index is 5.90. The maximum absolute atomic E-state index is 5.90. The highest BCUT2D eigenvalue weighted by molar-refractivity contribution is 4.90. The molecule has 2 rings (SSSR count). The normalized spacial score (nSPS) is 43.2. The SMILES string of the molecule is NC1CCC2(CCCNC2)CC1. The van der Waals surface area contributed by atoms with Gasteiger partial charge in [-0.2, -0.15) is 0 Å². The molecule has 0 bridgehead atoms. The molecule has 0 radical (unpaired) electrons. The third kappa shape index (κ3) is 1.64. The van der Waals surface area contributed by atoms with E-state index in [1.54, 1.807) is 0 Å². The molecule has 0 aromatic carbocycles. The Kier molecular flexibility index (Phi) is 2.37. The van der Waals surface area contributed by atoms with E-state index in [-0.39, 0.29) is 0 Å². The predicted octanol–water partition coefficient (Wildman–Crippen LogP) is 1.26. The van der Waals surface area contributed by atoms with Crippen molar-refractivity contribution in [2.45, 2.75) is 44.6 Å². The third-order valence-electron chi connectivity index (χ3n) is 3.65. The molecule has 1 heterocycles. The van der Waals surface area contributed by atoms with Gasteiger partial charge in [-0.3, -0.25) is 0 Å². The Hall–Kier alpha value is -0.0800. The summed E-state index contributed by atoms with van der Waals surface area (Å²) in [4.78, 5) is 0. The summed E-state index contributed by atoms with van der Waals surface area (Å²) >= 11 is 0. The van der Waals surface area contributed by atoms with Crippen LogP contribution in [0.5, 0.6) is 0 Å². The fraction of sp³-hybridized carbons (Fsp3) is 1.00. The molecule has 2 nitrogen and oxygen atoms in total.